The lowest BCUT2D eigenvalue weighted by atomic mass is 10.0. The number of aliphatic hydroxyl groups is 1. The van der Waals surface area contributed by atoms with Crippen LogP contribution < -0.4 is 0 Å². The fraction of sp³-hybridized carbons (Fsp3) is 1.00. The van der Waals surface area contributed by atoms with Crippen LogP contribution in [0.25, 0.3) is 0 Å². The summed E-state index contributed by atoms with van der Waals surface area (Å²) in [6.07, 6.45) is 27.8. The van der Waals surface area contributed by atoms with Gasteiger partial charge in [0.1, 0.15) is 0 Å². The van der Waals surface area contributed by atoms with Gasteiger partial charge in [-0.2, -0.15) is 0 Å². The van der Waals surface area contributed by atoms with Crippen LogP contribution in [0.2, 0.25) is 0 Å². The summed E-state index contributed by atoms with van der Waals surface area (Å²) in [7, 11) is 0. The fourth-order valence-electron chi connectivity index (χ4n) is 3.55. The van der Waals surface area contributed by atoms with Crippen LogP contribution in [0.15, 0.2) is 0 Å². The number of unbranched alkanes of at least 4 members (excludes halogenated alkanes) is 18. The summed E-state index contributed by atoms with van der Waals surface area (Å²) in [6.45, 7) is 4.13. The molecule has 0 saturated heterocycles. The van der Waals surface area contributed by atoms with Crippen molar-refractivity contribution >= 4 is 0 Å². The lowest BCUT2D eigenvalue weighted by Gasteiger charge is -2.04. The Kier molecular flexibility index (Phi) is 24.8. The second kappa shape index (κ2) is 24.9. The van der Waals surface area contributed by atoms with E-state index in [2.05, 4.69) is 6.92 Å². The summed E-state index contributed by atoms with van der Waals surface area (Å²) in [5.74, 6) is 0. The van der Waals surface area contributed by atoms with Gasteiger partial charge in [0.15, 0.2) is 0 Å². The zero-order valence-corrected chi connectivity index (χ0v) is 18.1. The van der Waals surface area contributed by atoms with Crippen LogP contribution in [0.4, 0.5) is 0 Å². The van der Waals surface area contributed by atoms with Crippen molar-refractivity contribution in [2.75, 3.05) is 19.8 Å². The Hall–Kier alpha value is -0.0800. The van der Waals surface area contributed by atoms with Crippen molar-refractivity contribution in [3.8, 4) is 0 Å². The molecule has 0 bridgehead atoms. The van der Waals surface area contributed by atoms with Crippen LogP contribution in [0.5, 0.6) is 0 Å². The normalized spacial score (nSPS) is 11.3. The van der Waals surface area contributed by atoms with Crippen molar-refractivity contribution in [1.82, 2.24) is 0 Å². The highest BCUT2D eigenvalue weighted by Crippen LogP contribution is 2.14. The van der Waals surface area contributed by atoms with Gasteiger partial charge in [0.2, 0.25) is 0 Å². The maximum atomic E-state index is 8.65. The summed E-state index contributed by atoms with van der Waals surface area (Å²) in [5, 5.41) is 8.65. The van der Waals surface area contributed by atoms with Crippen LogP contribution >= 0.6 is 0 Å². The molecule has 0 heterocycles. The standard InChI is InChI=1S/C24H50O2/c1-2-3-4-5-6-7-8-9-10-11-12-13-14-15-16-17-18-19-20-23-26-24-21-22-25/h25H,2-24H2,1H3. The molecule has 0 spiro atoms. The predicted molar refractivity (Wildman–Crippen MR) is 116 cm³/mol. The molecule has 0 aromatic carbocycles. The molecule has 0 aromatic heterocycles. The summed E-state index contributed by atoms with van der Waals surface area (Å²) < 4.78 is 5.45. The highest BCUT2D eigenvalue weighted by molar-refractivity contribution is 4.50. The van der Waals surface area contributed by atoms with E-state index in [4.69, 9.17) is 9.84 Å². The molecular formula is C24H50O2. The Labute approximate surface area is 165 Å². The van der Waals surface area contributed by atoms with E-state index in [1.54, 1.807) is 0 Å². The molecule has 0 unspecified atom stereocenters. The number of rotatable bonds is 23. The Bertz CT molecular complexity index is 206. The lowest BCUT2D eigenvalue weighted by molar-refractivity contribution is 0.112. The maximum Gasteiger partial charge on any atom is 0.0487 e. The highest BCUT2D eigenvalue weighted by atomic mass is 16.5. The van der Waals surface area contributed by atoms with E-state index in [1.165, 1.54) is 122 Å². The SMILES string of the molecule is CCCCCCCCCCCCCCCCCCCCCOCCCO. The average Bonchev–Trinajstić information content (AvgIpc) is 2.66. The van der Waals surface area contributed by atoms with E-state index in [1.807, 2.05) is 0 Å². The summed E-state index contributed by atoms with van der Waals surface area (Å²) >= 11 is 0. The van der Waals surface area contributed by atoms with Crippen molar-refractivity contribution in [2.24, 2.45) is 0 Å². The maximum absolute atomic E-state index is 8.65. The minimum Gasteiger partial charge on any atom is -0.396 e. The van der Waals surface area contributed by atoms with Gasteiger partial charge in [-0.3, -0.25) is 0 Å². The second-order valence-corrected chi connectivity index (χ2v) is 8.05. The van der Waals surface area contributed by atoms with Crippen molar-refractivity contribution < 1.29 is 9.84 Å². The molecule has 2 heteroatoms. The largest absolute Gasteiger partial charge is 0.396 e. The quantitative estimate of drug-likeness (QED) is 0.186. The molecule has 0 rings (SSSR count). The van der Waals surface area contributed by atoms with Gasteiger partial charge in [0.05, 0.1) is 0 Å². The van der Waals surface area contributed by atoms with Crippen molar-refractivity contribution in [3.05, 3.63) is 0 Å². The third-order valence-corrected chi connectivity index (χ3v) is 5.34. The molecule has 0 saturated carbocycles. The third kappa shape index (κ3) is 23.9. The van der Waals surface area contributed by atoms with Gasteiger partial charge in [-0.05, 0) is 12.8 Å². The second-order valence-electron chi connectivity index (χ2n) is 8.05. The first-order valence-corrected chi connectivity index (χ1v) is 12.1. The molecule has 0 amide bonds. The fourth-order valence-corrected chi connectivity index (χ4v) is 3.55. The first-order valence-electron chi connectivity index (χ1n) is 12.1. The first kappa shape index (κ1) is 25.9. The molecule has 0 aromatic rings. The summed E-state index contributed by atoms with van der Waals surface area (Å²) in [6, 6.07) is 0. The van der Waals surface area contributed by atoms with Gasteiger partial charge in [0, 0.05) is 19.8 Å². The first-order chi connectivity index (χ1) is 12.9. The van der Waals surface area contributed by atoms with Gasteiger partial charge < -0.3 is 9.84 Å². The lowest BCUT2D eigenvalue weighted by Crippen LogP contribution is -1.98. The van der Waals surface area contributed by atoms with Crippen LogP contribution in [-0.4, -0.2) is 24.9 Å². The topological polar surface area (TPSA) is 29.5 Å². The molecule has 0 aliphatic rings. The molecule has 0 atom stereocenters. The van der Waals surface area contributed by atoms with E-state index in [0.29, 0.717) is 0 Å². The van der Waals surface area contributed by atoms with Crippen LogP contribution in [0.1, 0.15) is 135 Å². The Morgan fingerprint density at radius 3 is 1.08 bits per heavy atom. The van der Waals surface area contributed by atoms with Gasteiger partial charge in [-0.25, -0.2) is 0 Å². The summed E-state index contributed by atoms with van der Waals surface area (Å²) in [5.41, 5.74) is 0. The van der Waals surface area contributed by atoms with Gasteiger partial charge in [-0.1, -0.05) is 122 Å². The highest BCUT2D eigenvalue weighted by Gasteiger charge is 1.95. The van der Waals surface area contributed by atoms with Crippen LogP contribution in [-0.2, 0) is 4.74 Å². The smallest absolute Gasteiger partial charge is 0.0487 e. The van der Waals surface area contributed by atoms with E-state index in [9.17, 15) is 0 Å². The number of hydrogen-bond donors (Lipinski definition) is 1. The summed E-state index contributed by atoms with van der Waals surface area (Å²) in [4.78, 5) is 0. The van der Waals surface area contributed by atoms with Gasteiger partial charge >= 0.3 is 0 Å². The third-order valence-electron chi connectivity index (χ3n) is 5.34. The number of ether oxygens (including phenoxy) is 1. The molecular weight excluding hydrogens is 320 g/mol. The van der Waals surface area contributed by atoms with Crippen LogP contribution in [0, 0.1) is 0 Å². The van der Waals surface area contributed by atoms with Crippen molar-refractivity contribution in [2.45, 2.75) is 135 Å². The molecule has 158 valence electrons. The van der Waals surface area contributed by atoms with Crippen LogP contribution in [0.3, 0.4) is 0 Å². The Morgan fingerprint density at radius 1 is 0.423 bits per heavy atom. The molecule has 0 radical (unpaired) electrons. The zero-order chi connectivity index (χ0) is 19.0. The molecule has 2 nitrogen and oxygen atoms in total. The minimum atomic E-state index is 0.249. The van der Waals surface area contributed by atoms with E-state index < -0.39 is 0 Å². The predicted octanol–water partition coefficient (Wildman–Crippen LogP) is 7.82. The van der Waals surface area contributed by atoms with Crippen molar-refractivity contribution in [1.29, 1.82) is 0 Å². The molecule has 0 fully saturated rings. The monoisotopic (exact) mass is 370 g/mol. The van der Waals surface area contributed by atoms with Gasteiger partial charge in [0.25, 0.3) is 0 Å². The Balaban J connectivity index is 2.95. The minimum absolute atomic E-state index is 0.249. The molecule has 26 heavy (non-hydrogen) atoms. The van der Waals surface area contributed by atoms with E-state index in [0.717, 1.165) is 19.6 Å². The number of hydrogen-bond acceptors (Lipinski definition) is 2. The number of aliphatic hydroxyl groups excluding tert-OH is 1. The Morgan fingerprint density at radius 2 is 0.731 bits per heavy atom. The van der Waals surface area contributed by atoms with Gasteiger partial charge in [-0.15, -0.1) is 0 Å². The molecule has 0 aliphatic carbocycles. The average molecular weight is 371 g/mol. The van der Waals surface area contributed by atoms with E-state index in [-0.39, 0.29) is 6.61 Å². The zero-order valence-electron chi connectivity index (χ0n) is 18.1. The van der Waals surface area contributed by atoms with E-state index >= 15 is 0 Å². The molecule has 0 aliphatic heterocycles. The van der Waals surface area contributed by atoms with Crippen molar-refractivity contribution in [3.63, 3.8) is 0 Å². The molecule has 1 N–H and O–H groups in total.